The van der Waals surface area contributed by atoms with Gasteiger partial charge in [-0.25, -0.2) is 4.68 Å². The minimum Gasteiger partial charge on any atom is -0.238 e. The largest absolute Gasteiger partial charge is 0.238 e. The molecule has 0 fully saturated rings. The lowest BCUT2D eigenvalue weighted by atomic mass is 9.96. The molecule has 0 atom stereocenters. The highest BCUT2D eigenvalue weighted by Gasteiger charge is 2.23. The zero-order chi connectivity index (χ0) is 19.2. The van der Waals surface area contributed by atoms with Crippen LogP contribution in [0.1, 0.15) is 48.6 Å². The molecule has 0 radical (unpaired) electrons. The molecule has 0 N–H and O–H groups in total. The van der Waals surface area contributed by atoms with Gasteiger partial charge in [0, 0.05) is 17.5 Å². The van der Waals surface area contributed by atoms with Gasteiger partial charge in [0.2, 0.25) is 4.96 Å². The van der Waals surface area contributed by atoms with Gasteiger partial charge < -0.3 is 0 Å². The van der Waals surface area contributed by atoms with Crippen LogP contribution in [0.25, 0.3) is 10.6 Å². The molecule has 3 heterocycles. The number of rotatable bonds is 4. The van der Waals surface area contributed by atoms with Gasteiger partial charge in [0.25, 0.3) is 0 Å². The molecule has 27 heavy (non-hydrogen) atoms. The van der Waals surface area contributed by atoms with E-state index in [1.165, 1.54) is 11.3 Å². The van der Waals surface area contributed by atoms with E-state index >= 15 is 0 Å². The van der Waals surface area contributed by atoms with Crippen molar-refractivity contribution in [1.29, 1.82) is 0 Å². The van der Waals surface area contributed by atoms with E-state index in [2.05, 4.69) is 56.9 Å². The van der Waals surface area contributed by atoms with Crippen LogP contribution in [0.15, 0.2) is 30.3 Å². The van der Waals surface area contributed by atoms with Crippen LogP contribution < -0.4 is 0 Å². The number of aromatic nitrogens is 6. The molecule has 0 saturated heterocycles. The molecule has 0 bridgehead atoms. The first-order chi connectivity index (χ1) is 12.8. The Hall–Kier alpha value is -2.54. The van der Waals surface area contributed by atoms with E-state index in [0.717, 1.165) is 40.0 Å². The van der Waals surface area contributed by atoms with Gasteiger partial charge in [0.15, 0.2) is 5.82 Å². The fourth-order valence-corrected chi connectivity index (χ4v) is 4.15. The minimum absolute atomic E-state index is 0.0746. The number of benzene rings is 1. The first-order valence-electron chi connectivity index (χ1n) is 9.16. The van der Waals surface area contributed by atoms with Gasteiger partial charge in [-0.3, -0.25) is 0 Å². The number of aryl methyl sites for hydroxylation is 2. The Kier molecular flexibility index (Phi) is 4.34. The van der Waals surface area contributed by atoms with Crippen LogP contribution in [-0.2, 0) is 18.3 Å². The summed E-state index contributed by atoms with van der Waals surface area (Å²) in [6.45, 7) is 10.6. The van der Waals surface area contributed by atoms with Gasteiger partial charge in [-0.1, -0.05) is 50.3 Å². The summed E-state index contributed by atoms with van der Waals surface area (Å²) >= 11 is 1.62. The van der Waals surface area contributed by atoms with E-state index < -0.39 is 0 Å². The zero-order valence-corrected chi connectivity index (χ0v) is 17.2. The fourth-order valence-electron chi connectivity index (χ4n) is 3.31. The maximum atomic E-state index is 4.76. The molecule has 1 aromatic carbocycles. The van der Waals surface area contributed by atoms with Crippen LogP contribution in [0.3, 0.4) is 0 Å². The summed E-state index contributed by atoms with van der Waals surface area (Å²) < 4.78 is 3.92. The lowest BCUT2D eigenvalue weighted by Gasteiger charge is -2.13. The monoisotopic (exact) mass is 380 g/mol. The number of hydrogen-bond acceptors (Lipinski definition) is 5. The van der Waals surface area contributed by atoms with Crippen molar-refractivity contribution in [2.24, 2.45) is 0 Å². The molecule has 0 spiro atoms. The Morgan fingerprint density at radius 2 is 1.70 bits per heavy atom. The normalized spacial score (nSPS) is 12.2. The van der Waals surface area contributed by atoms with Gasteiger partial charge in [0.05, 0.1) is 11.4 Å². The van der Waals surface area contributed by atoms with E-state index in [1.54, 1.807) is 11.3 Å². The van der Waals surface area contributed by atoms with Crippen LogP contribution in [0.4, 0.5) is 0 Å². The third-order valence-corrected chi connectivity index (χ3v) is 5.69. The summed E-state index contributed by atoms with van der Waals surface area (Å²) in [7, 11) is 0. The van der Waals surface area contributed by atoms with Crippen LogP contribution >= 0.6 is 11.3 Å². The Labute approximate surface area is 162 Å². The molecule has 4 rings (SSSR count). The Morgan fingerprint density at radius 1 is 0.963 bits per heavy atom. The second-order valence-electron chi connectivity index (χ2n) is 7.86. The van der Waals surface area contributed by atoms with Gasteiger partial charge >= 0.3 is 0 Å². The third-order valence-electron chi connectivity index (χ3n) is 4.73. The van der Waals surface area contributed by atoms with Crippen molar-refractivity contribution in [3.8, 4) is 5.69 Å². The highest BCUT2D eigenvalue weighted by atomic mass is 32.1. The second kappa shape index (κ2) is 6.56. The highest BCUT2D eigenvalue weighted by Crippen LogP contribution is 2.25. The van der Waals surface area contributed by atoms with Gasteiger partial charge in [-0.15, -0.1) is 10.2 Å². The smallest absolute Gasteiger partial charge is 0.234 e. The zero-order valence-electron chi connectivity index (χ0n) is 16.4. The molecule has 0 amide bonds. The molecule has 4 aromatic rings. The number of fused-ring (bicyclic) bond motifs is 1. The second-order valence-corrected chi connectivity index (χ2v) is 8.90. The van der Waals surface area contributed by atoms with Crippen molar-refractivity contribution in [3.05, 3.63) is 58.1 Å². The third kappa shape index (κ3) is 3.27. The Balaban J connectivity index is 1.58. The molecule has 140 valence electrons. The van der Waals surface area contributed by atoms with E-state index in [1.807, 2.05) is 27.4 Å². The topological polar surface area (TPSA) is 60.9 Å². The van der Waals surface area contributed by atoms with Crippen molar-refractivity contribution >= 4 is 16.3 Å². The average molecular weight is 381 g/mol. The Morgan fingerprint density at radius 3 is 2.41 bits per heavy atom. The SMILES string of the molecule is Cc1nn(-c2ccccc2)c(C)c1CCc1nn2c(C(C)(C)C)nnc2s1. The van der Waals surface area contributed by atoms with Gasteiger partial charge in [0.1, 0.15) is 5.01 Å². The molecule has 0 aliphatic carbocycles. The predicted molar refractivity (Wildman–Crippen MR) is 108 cm³/mol. The van der Waals surface area contributed by atoms with Crippen LogP contribution in [0.2, 0.25) is 0 Å². The summed E-state index contributed by atoms with van der Waals surface area (Å²) in [5.41, 5.74) is 4.58. The Bertz CT molecular complexity index is 1080. The van der Waals surface area contributed by atoms with Crippen LogP contribution in [0, 0.1) is 13.8 Å². The first kappa shape index (κ1) is 17.9. The van der Waals surface area contributed by atoms with Crippen LogP contribution in [-0.4, -0.2) is 29.6 Å². The van der Waals surface area contributed by atoms with Crippen molar-refractivity contribution in [1.82, 2.24) is 29.6 Å². The van der Waals surface area contributed by atoms with Gasteiger partial charge in [-0.05, 0) is 38.0 Å². The molecule has 0 saturated carbocycles. The van der Waals surface area contributed by atoms with Gasteiger partial charge in [-0.2, -0.15) is 14.7 Å². The van der Waals surface area contributed by atoms with Crippen LogP contribution in [0.5, 0.6) is 0 Å². The highest BCUT2D eigenvalue weighted by molar-refractivity contribution is 7.16. The van der Waals surface area contributed by atoms with Crippen molar-refractivity contribution < 1.29 is 0 Å². The van der Waals surface area contributed by atoms with E-state index in [0.29, 0.717) is 0 Å². The summed E-state index contributed by atoms with van der Waals surface area (Å²) in [5.74, 6) is 0.907. The molecule has 0 unspecified atom stereocenters. The molecular weight excluding hydrogens is 356 g/mol. The maximum Gasteiger partial charge on any atom is 0.234 e. The molecule has 0 aliphatic rings. The lowest BCUT2D eigenvalue weighted by molar-refractivity contribution is 0.526. The number of nitrogens with zero attached hydrogens (tertiary/aromatic N) is 6. The summed E-state index contributed by atoms with van der Waals surface area (Å²) in [6.07, 6.45) is 1.79. The van der Waals surface area contributed by atoms with Crippen molar-refractivity contribution in [2.75, 3.05) is 0 Å². The molecule has 0 aliphatic heterocycles. The van der Waals surface area contributed by atoms with E-state index in [9.17, 15) is 0 Å². The standard InChI is InChI=1S/C20H24N6S/c1-13-16(14(2)25(23-13)15-9-7-6-8-10-15)11-12-17-24-26-18(20(3,4)5)21-22-19(26)27-17/h6-10H,11-12H2,1-5H3. The molecule has 6 nitrogen and oxygen atoms in total. The quantitative estimate of drug-likeness (QED) is 0.535. The van der Waals surface area contributed by atoms with Crippen molar-refractivity contribution in [2.45, 2.75) is 52.9 Å². The van der Waals surface area contributed by atoms with Crippen molar-refractivity contribution in [3.63, 3.8) is 0 Å². The number of hydrogen-bond donors (Lipinski definition) is 0. The lowest BCUT2D eigenvalue weighted by Crippen LogP contribution is -2.16. The summed E-state index contributed by atoms with van der Waals surface area (Å²) in [4.78, 5) is 0.864. The molecular formula is C20H24N6S. The van der Waals surface area contributed by atoms with E-state index in [4.69, 9.17) is 10.2 Å². The van der Waals surface area contributed by atoms with E-state index in [-0.39, 0.29) is 5.41 Å². The summed E-state index contributed by atoms with van der Waals surface area (Å²) in [5, 5.41) is 19.2. The average Bonchev–Trinajstić information content (AvgIpc) is 3.26. The number of para-hydroxylation sites is 1. The summed E-state index contributed by atoms with van der Waals surface area (Å²) in [6, 6.07) is 10.3. The fraction of sp³-hybridized carbons (Fsp3) is 0.400. The minimum atomic E-state index is -0.0746. The molecule has 7 heteroatoms. The maximum absolute atomic E-state index is 4.76. The first-order valence-corrected chi connectivity index (χ1v) is 9.98. The predicted octanol–water partition coefficient (Wildman–Crippen LogP) is 4.07. The molecule has 3 aromatic heterocycles.